The molecular formula is C19H26O7. The van der Waals surface area contributed by atoms with Crippen LogP contribution in [-0.2, 0) is 28.5 Å². The molecule has 7 nitrogen and oxygen atoms in total. The molecule has 144 valence electrons. The molecule has 1 saturated carbocycles. The maximum Gasteiger partial charge on any atom is 0.303 e. The molecule has 4 rings (SSSR count). The monoisotopic (exact) mass is 366 g/mol. The van der Waals surface area contributed by atoms with Crippen LogP contribution in [0.15, 0.2) is 11.6 Å². The van der Waals surface area contributed by atoms with Crippen LogP contribution >= 0.6 is 0 Å². The Bertz CT molecular complexity index is 681. The SMILES string of the molecule is CC(=O)OC[C@@]12CCC(C)=CC1O[C@H]1C(OC(C)=O)[C@@H](O)[C@]2(C)[C@@]12CO2. The van der Waals surface area contributed by atoms with E-state index in [2.05, 4.69) is 6.08 Å². The molecule has 0 radical (unpaired) electrons. The number of allylic oxidation sites excluding steroid dienone is 1. The molecule has 1 spiro atoms. The van der Waals surface area contributed by atoms with Crippen LogP contribution < -0.4 is 0 Å². The van der Waals surface area contributed by atoms with Crippen LogP contribution in [0.5, 0.6) is 0 Å². The third-order valence-corrected chi connectivity index (χ3v) is 7.10. The summed E-state index contributed by atoms with van der Waals surface area (Å²) in [5, 5.41) is 11.3. The first-order valence-corrected chi connectivity index (χ1v) is 9.13. The molecule has 26 heavy (non-hydrogen) atoms. The fraction of sp³-hybridized carbons (Fsp3) is 0.789. The Kier molecular flexibility index (Phi) is 3.82. The average molecular weight is 366 g/mol. The number of hydrogen-bond acceptors (Lipinski definition) is 7. The van der Waals surface area contributed by atoms with Gasteiger partial charge in [-0.3, -0.25) is 9.59 Å². The van der Waals surface area contributed by atoms with Crippen molar-refractivity contribution in [3.05, 3.63) is 11.6 Å². The van der Waals surface area contributed by atoms with Gasteiger partial charge in [-0.05, 0) is 19.8 Å². The maximum absolute atomic E-state index is 11.6. The first-order valence-electron chi connectivity index (χ1n) is 9.13. The Balaban J connectivity index is 1.83. The van der Waals surface area contributed by atoms with E-state index >= 15 is 0 Å². The number of aliphatic hydroxyl groups is 1. The van der Waals surface area contributed by atoms with Gasteiger partial charge in [0.05, 0.1) is 12.7 Å². The number of carbonyl (C=O) groups is 2. The van der Waals surface area contributed by atoms with Crippen molar-refractivity contribution in [2.45, 2.75) is 70.6 Å². The predicted molar refractivity (Wildman–Crippen MR) is 89.1 cm³/mol. The van der Waals surface area contributed by atoms with E-state index in [0.29, 0.717) is 13.0 Å². The van der Waals surface area contributed by atoms with Crippen molar-refractivity contribution in [1.29, 1.82) is 0 Å². The standard InChI is InChI=1S/C19H26O7/c1-10-5-6-18(8-23-11(2)20)13(7-10)26-16-14(25-12(3)21)15(22)17(18,4)19(16)9-24-19/h7,13-16,22H,5-6,8-9H2,1-4H3/t13?,14?,15-,16+,17+,18+,19-/m1/s1. The maximum atomic E-state index is 11.6. The van der Waals surface area contributed by atoms with E-state index in [1.54, 1.807) is 0 Å². The predicted octanol–water partition coefficient (Wildman–Crippen LogP) is 1.12. The van der Waals surface area contributed by atoms with Gasteiger partial charge in [0.25, 0.3) is 0 Å². The summed E-state index contributed by atoms with van der Waals surface area (Å²) in [4.78, 5) is 23.2. The minimum atomic E-state index is -0.966. The minimum Gasteiger partial charge on any atom is -0.465 e. The van der Waals surface area contributed by atoms with Crippen LogP contribution in [0.25, 0.3) is 0 Å². The third kappa shape index (κ3) is 2.05. The molecule has 7 heteroatoms. The lowest BCUT2D eigenvalue weighted by Crippen LogP contribution is -2.66. The molecule has 0 aromatic heterocycles. The van der Waals surface area contributed by atoms with E-state index in [9.17, 15) is 14.7 Å². The second-order valence-electron chi connectivity index (χ2n) is 8.33. The number of aliphatic hydroxyl groups excluding tert-OH is 1. The zero-order valence-electron chi connectivity index (χ0n) is 15.6. The number of carbonyl (C=O) groups excluding carboxylic acids is 2. The summed E-state index contributed by atoms with van der Waals surface area (Å²) in [5.74, 6) is -0.835. The zero-order chi connectivity index (χ0) is 18.9. The van der Waals surface area contributed by atoms with Crippen molar-refractivity contribution in [2.75, 3.05) is 13.2 Å². The van der Waals surface area contributed by atoms with Crippen LogP contribution in [0, 0.1) is 10.8 Å². The lowest BCUT2D eigenvalue weighted by molar-refractivity contribution is -0.231. The fourth-order valence-electron chi connectivity index (χ4n) is 5.55. The lowest BCUT2D eigenvalue weighted by Gasteiger charge is -2.57. The molecule has 3 fully saturated rings. The highest BCUT2D eigenvalue weighted by atomic mass is 16.7. The Hall–Kier alpha value is -1.44. The first-order chi connectivity index (χ1) is 12.2. The van der Waals surface area contributed by atoms with E-state index in [1.807, 2.05) is 13.8 Å². The molecule has 2 aliphatic carbocycles. The summed E-state index contributed by atoms with van der Waals surface area (Å²) in [6, 6.07) is 0. The number of esters is 2. The Morgan fingerprint density at radius 1 is 1.35 bits per heavy atom. The van der Waals surface area contributed by atoms with Gasteiger partial charge in [0.1, 0.15) is 24.4 Å². The number of rotatable bonds is 3. The molecule has 2 saturated heterocycles. The highest BCUT2D eigenvalue weighted by molar-refractivity contribution is 5.67. The number of hydrogen-bond donors (Lipinski definition) is 1. The number of fused-ring (bicyclic) bond motifs is 2. The molecule has 0 aromatic carbocycles. The quantitative estimate of drug-likeness (QED) is 0.454. The molecule has 2 unspecified atom stereocenters. The second kappa shape index (κ2) is 5.53. The van der Waals surface area contributed by atoms with Crippen molar-refractivity contribution in [1.82, 2.24) is 0 Å². The van der Waals surface area contributed by atoms with Crippen LogP contribution in [0.2, 0.25) is 0 Å². The summed E-state index contributed by atoms with van der Waals surface area (Å²) >= 11 is 0. The smallest absolute Gasteiger partial charge is 0.303 e. The fourth-order valence-corrected chi connectivity index (χ4v) is 5.55. The van der Waals surface area contributed by atoms with Gasteiger partial charge in [-0.25, -0.2) is 0 Å². The van der Waals surface area contributed by atoms with E-state index in [0.717, 1.165) is 6.42 Å². The van der Waals surface area contributed by atoms with Crippen molar-refractivity contribution in [3.63, 3.8) is 0 Å². The molecule has 0 amide bonds. The van der Waals surface area contributed by atoms with Crippen molar-refractivity contribution in [3.8, 4) is 0 Å². The van der Waals surface area contributed by atoms with E-state index in [4.69, 9.17) is 18.9 Å². The molecule has 1 N–H and O–H groups in total. The summed E-state index contributed by atoms with van der Waals surface area (Å²) in [5.41, 5.74) is -0.926. The molecule has 7 atom stereocenters. The average Bonchev–Trinajstić information content (AvgIpc) is 3.34. The summed E-state index contributed by atoms with van der Waals surface area (Å²) in [6.45, 7) is 7.27. The van der Waals surface area contributed by atoms with Crippen LogP contribution in [0.3, 0.4) is 0 Å². The Morgan fingerprint density at radius 2 is 2.04 bits per heavy atom. The first kappa shape index (κ1) is 17.9. The Labute approximate surface area is 152 Å². The van der Waals surface area contributed by atoms with Gasteiger partial charge in [0, 0.05) is 24.7 Å². The highest BCUT2D eigenvalue weighted by Crippen LogP contribution is 2.71. The molecule has 4 aliphatic rings. The van der Waals surface area contributed by atoms with Gasteiger partial charge in [0.15, 0.2) is 6.10 Å². The van der Waals surface area contributed by atoms with E-state index in [-0.39, 0.29) is 18.7 Å². The summed E-state index contributed by atoms with van der Waals surface area (Å²) < 4.78 is 23.2. The van der Waals surface area contributed by atoms with Gasteiger partial charge in [0.2, 0.25) is 0 Å². The molecule has 2 aliphatic heterocycles. The van der Waals surface area contributed by atoms with Crippen molar-refractivity contribution < 1.29 is 33.6 Å². The molecule has 2 heterocycles. The van der Waals surface area contributed by atoms with Gasteiger partial charge in [-0.2, -0.15) is 0 Å². The molecule has 2 bridgehead atoms. The van der Waals surface area contributed by atoms with Gasteiger partial charge >= 0.3 is 11.9 Å². The molecular weight excluding hydrogens is 340 g/mol. The minimum absolute atomic E-state index is 0.134. The van der Waals surface area contributed by atoms with E-state index < -0.39 is 40.7 Å². The van der Waals surface area contributed by atoms with Crippen LogP contribution in [-0.4, -0.2) is 60.3 Å². The van der Waals surface area contributed by atoms with Gasteiger partial charge in [-0.1, -0.05) is 18.6 Å². The van der Waals surface area contributed by atoms with E-state index in [1.165, 1.54) is 19.4 Å². The summed E-state index contributed by atoms with van der Waals surface area (Å²) in [6.07, 6.45) is 0.934. The Morgan fingerprint density at radius 3 is 2.62 bits per heavy atom. The van der Waals surface area contributed by atoms with Crippen molar-refractivity contribution in [2.24, 2.45) is 10.8 Å². The molecule has 0 aromatic rings. The van der Waals surface area contributed by atoms with Gasteiger partial charge in [-0.15, -0.1) is 0 Å². The largest absolute Gasteiger partial charge is 0.465 e. The normalized spacial score (nSPS) is 48.6. The topological polar surface area (TPSA) is 94.6 Å². The van der Waals surface area contributed by atoms with Crippen LogP contribution in [0.4, 0.5) is 0 Å². The zero-order valence-corrected chi connectivity index (χ0v) is 15.6. The summed E-state index contributed by atoms with van der Waals surface area (Å²) in [7, 11) is 0. The lowest BCUT2D eigenvalue weighted by atomic mass is 9.51. The highest BCUT2D eigenvalue weighted by Gasteiger charge is 2.85. The number of epoxide rings is 1. The van der Waals surface area contributed by atoms with Crippen LogP contribution in [0.1, 0.15) is 40.5 Å². The van der Waals surface area contributed by atoms with Crippen molar-refractivity contribution >= 4 is 11.9 Å². The second-order valence-corrected chi connectivity index (χ2v) is 8.33. The van der Waals surface area contributed by atoms with Gasteiger partial charge < -0.3 is 24.1 Å². The number of ether oxygens (including phenoxy) is 4. The third-order valence-electron chi connectivity index (χ3n) is 7.10.